The number of rotatable bonds is 4. The van der Waals surface area contributed by atoms with Crippen molar-refractivity contribution in [1.82, 2.24) is 5.32 Å². The Morgan fingerprint density at radius 2 is 1.90 bits per heavy atom. The molecule has 0 aliphatic carbocycles. The summed E-state index contributed by atoms with van der Waals surface area (Å²) in [5.41, 5.74) is 6.86. The van der Waals surface area contributed by atoms with Crippen LogP contribution >= 0.6 is 0 Å². The number of anilines is 3. The maximum atomic E-state index is 13.7. The highest BCUT2D eigenvalue weighted by Crippen LogP contribution is 2.25. The van der Waals surface area contributed by atoms with E-state index in [0.29, 0.717) is 23.5 Å². The van der Waals surface area contributed by atoms with Crippen LogP contribution in [0.25, 0.3) is 0 Å². The molecule has 0 spiro atoms. The quantitative estimate of drug-likeness (QED) is 0.758. The maximum absolute atomic E-state index is 13.7. The summed E-state index contributed by atoms with van der Waals surface area (Å²) in [4.78, 5) is 12.0. The summed E-state index contributed by atoms with van der Waals surface area (Å²) < 4.78 is 26.6. The summed E-state index contributed by atoms with van der Waals surface area (Å²) in [5.74, 6) is -1.73. The Kier molecular flexibility index (Phi) is 4.37. The summed E-state index contributed by atoms with van der Waals surface area (Å²) in [6.07, 6.45) is 0. The molecule has 4 nitrogen and oxygen atoms in total. The third kappa shape index (κ3) is 3.47. The molecule has 0 aliphatic rings. The molecule has 0 heterocycles. The van der Waals surface area contributed by atoms with Crippen LogP contribution in [0, 0.1) is 11.6 Å². The van der Waals surface area contributed by atoms with Gasteiger partial charge >= 0.3 is 0 Å². The van der Waals surface area contributed by atoms with Gasteiger partial charge in [0.25, 0.3) is 5.91 Å². The minimum absolute atomic E-state index is 0.0625. The molecule has 4 N–H and O–H groups in total. The zero-order valence-corrected chi connectivity index (χ0v) is 11.4. The Morgan fingerprint density at radius 3 is 2.57 bits per heavy atom. The first-order chi connectivity index (χ1) is 10.0. The molecule has 0 bridgehead atoms. The van der Waals surface area contributed by atoms with Crippen LogP contribution in [-0.4, -0.2) is 12.5 Å². The molecule has 1 amide bonds. The van der Waals surface area contributed by atoms with Crippen LogP contribution in [-0.2, 0) is 0 Å². The minimum atomic E-state index is -0.751. The van der Waals surface area contributed by atoms with E-state index in [1.807, 2.05) is 0 Å². The molecule has 2 rings (SSSR count). The van der Waals surface area contributed by atoms with Gasteiger partial charge in [0.05, 0.1) is 16.9 Å². The number of benzene rings is 2. The molecule has 2 aromatic rings. The summed E-state index contributed by atoms with van der Waals surface area (Å²) in [6, 6.07) is 7.80. The fourth-order valence-electron chi connectivity index (χ4n) is 1.86. The van der Waals surface area contributed by atoms with E-state index in [4.69, 9.17) is 5.73 Å². The Bertz CT molecular complexity index is 674. The second kappa shape index (κ2) is 6.21. The largest absolute Gasteiger partial charge is 0.399 e. The van der Waals surface area contributed by atoms with Gasteiger partial charge in [0.2, 0.25) is 0 Å². The molecule has 0 aliphatic heterocycles. The number of carbonyl (C=O) groups is 1. The summed E-state index contributed by atoms with van der Waals surface area (Å²) in [5, 5.41) is 5.42. The van der Waals surface area contributed by atoms with E-state index >= 15 is 0 Å². The Hall–Kier alpha value is -2.63. The highest BCUT2D eigenvalue weighted by atomic mass is 19.1. The second-order valence-corrected chi connectivity index (χ2v) is 4.41. The average molecular weight is 291 g/mol. The molecule has 21 heavy (non-hydrogen) atoms. The fraction of sp³-hybridized carbons (Fsp3) is 0.133. The number of nitrogens with two attached hydrogens (primary N) is 1. The zero-order chi connectivity index (χ0) is 15.4. The lowest BCUT2D eigenvalue weighted by Crippen LogP contribution is -2.23. The predicted octanol–water partition coefficient (Wildman–Crippen LogP) is 3.04. The number of hydrogen-bond donors (Lipinski definition) is 3. The van der Waals surface area contributed by atoms with E-state index in [9.17, 15) is 13.6 Å². The summed E-state index contributed by atoms with van der Waals surface area (Å²) in [7, 11) is 0. The molecule has 2 aromatic carbocycles. The lowest BCUT2D eigenvalue weighted by atomic mass is 10.1. The maximum Gasteiger partial charge on any atom is 0.253 e. The molecule has 0 unspecified atom stereocenters. The van der Waals surface area contributed by atoms with Gasteiger partial charge in [-0.15, -0.1) is 0 Å². The smallest absolute Gasteiger partial charge is 0.253 e. The summed E-state index contributed by atoms with van der Waals surface area (Å²) in [6.45, 7) is 2.26. The number of carbonyl (C=O) groups excluding carboxylic acids is 1. The van der Waals surface area contributed by atoms with Crippen LogP contribution < -0.4 is 16.4 Å². The van der Waals surface area contributed by atoms with Crippen molar-refractivity contribution in [1.29, 1.82) is 0 Å². The van der Waals surface area contributed by atoms with Gasteiger partial charge in [-0.25, -0.2) is 8.78 Å². The minimum Gasteiger partial charge on any atom is -0.399 e. The highest BCUT2D eigenvalue weighted by molar-refractivity contribution is 6.00. The first kappa shape index (κ1) is 14.8. The third-order valence-electron chi connectivity index (χ3n) is 2.83. The lowest BCUT2D eigenvalue weighted by Gasteiger charge is -2.13. The van der Waals surface area contributed by atoms with Crippen LogP contribution in [0.2, 0.25) is 0 Å². The fourth-order valence-corrected chi connectivity index (χ4v) is 1.86. The van der Waals surface area contributed by atoms with Crippen molar-refractivity contribution in [3.63, 3.8) is 0 Å². The first-order valence-corrected chi connectivity index (χ1v) is 6.41. The lowest BCUT2D eigenvalue weighted by molar-refractivity contribution is 0.0956. The Morgan fingerprint density at radius 1 is 1.14 bits per heavy atom. The van der Waals surface area contributed by atoms with Gasteiger partial charge in [0.1, 0.15) is 11.6 Å². The molecule has 0 saturated carbocycles. The van der Waals surface area contributed by atoms with Crippen molar-refractivity contribution in [2.45, 2.75) is 6.92 Å². The van der Waals surface area contributed by atoms with E-state index < -0.39 is 11.6 Å². The van der Waals surface area contributed by atoms with Gasteiger partial charge in [-0.05, 0) is 37.3 Å². The van der Waals surface area contributed by atoms with Crippen LogP contribution in [0.1, 0.15) is 17.3 Å². The predicted molar refractivity (Wildman–Crippen MR) is 78.5 cm³/mol. The molecular weight excluding hydrogens is 276 g/mol. The zero-order valence-electron chi connectivity index (χ0n) is 11.4. The van der Waals surface area contributed by atoms with Gasteiger partial charge in [0, 0.05) is 18.3 Å². The molecular formula is C15H15F2N3O. The van der Waals surface area contributed by atoms with E-state index in [1.165, 1.54) is 12.1 Å². The average Bonchev–Trinajstić information content (AvgIpc) is 2.42. The molecule has 0 radical (unpaired) electrons. The standard InChI is InChI=1S/C15H15F2N3O/c1-2-19-15(21)11-5-4-10(18)8-14(11)20-13-6-3-9(16)7-12(13)17/h3-8,20H,2,18H2,1H3,(H,19,21). The van der Waals surface area contributed by atoms with Crippen LogP contribution in [0.3, 0.4) is 0 Å². The second-order valence-electron chi connectivity index (χ2n) is 4.41. The third-order valence-corrected chi connectivity index (χ3v) is 2.83. The van der Waals surface area contributed by atoms with Crippen molar-refractivity contribution in [3.8, 4) is 0 Å². The van der Waals surface area contributed by atoms with E-state index in [-0.39, 0.29) is 11.6 Å². The monoisotopic (exact) mass is 291 g/mol. The van der Waals surface area contributed by atoms with Crippen LogP contribution in [0.4, 0.5) is 25.8 Å². The van der Waals surface area contributed by atoms with Crippen molar-refractivity contribution in [3.05, 3.63) is 53.6 Å². The Balaban J connectivity index is 2.38. The van der Waals surface area contributed by atoms with Gasteiger partial charge in [-0.1, -0.05) is 0 Å². The van der Waals surface area contributed by atoms with Crippen LogP contribution in [0.15, 0.2) is 36.4 Å². The van der Waals surface area contributed by atoms with Crippen molar-refractivity contribution in [2.24, 2.45) is 0 Å². The van der Waals surface area contributed by atoms with E-state index in [2.05, 4.69) is 10.6 Å². The molecule has 0 saturated heterocycles. The SMILES string of the molecule is CCNC(=O)c1ccc(N)cc1Nc1ccc(F)cc1F. The van der Waals surface area contributed by atoms with E-state index in [0.717, 1.165) is 12.1 Å². The van der Waals surface area contributed by atoms with Gasteiger partial charge in [-0.2, -0.15) is 0 Å². The number of nitrogens with one attached hydrogen (secondary N) is 2. The number of hydrogen-bond acceptors (Lipinski definition) is 3. The first-order valence-electron chi connectivity index (χ1n) is 6.41. The van der Waals surface area contributed by atoms with Crippen LogP contribution in [0.5, 0.6) is 0 Å². The molecule has 0 fully saturated rings. The number of nitrogen functional groups attached to an aromatic ring is 1. The topological polar surface area (TPSA) is 67.2 Å². The number of amides is 1. The van der Waals surface area contributed by atoms with Gasteiger partial charge < -0.3 is 16.4 Å². The Labute approximate surface area is 121 Å². The summed E-state index contributed by atoms with van der Waals surface area (Å²) >= 11 is 0. The molecule has 0 atom stereocenters. The van der Waals surface area contributed by atoms with Crippen molar-refractivity contribution >= 4 is 23.0 Å². The normalized spacial score (nSPS) is 10.2. The highest BCUT2D eigenvalue weighted by Gasteiger charge is 2.13. The number of halogens is 2. The van der Waals surface area contributed by atoms with Gasteiger partial charge in [-0.3, -0.25) is 4.79 Å². The van der Waals surface area contributed by atoms with E-state index in [1.54, 1.807) is 19.1 Å². The van der Waals surface area contributed by atoms with Crippen molar-refractivity contribution in [2.75, 3.05) is 17.6 Å². The molecule has 6 heteroatoms. The molecule has 0 aromatic heterocycles. The van der Waals surface area contributed by atoms with Gasteiger partial charge in [0.15, 0.2) is 0 Å². The van der Waals surface area contributed by atoms with Crippen molar-refractivity contribution < 1.29 is 13.6 Å². The molecule has 110 valence electrons.